The topological polar surface area (TPSA) is 24.9 Å². The second kappa shape index (κ2) is 4.90. The first-order valence-electron chi connectivity index (χ1n) is 5.72. The van der Waals surface area contributed by atoms with E-state index in [2.05, 4.69) is 26.2 Å². The Labute approximate surface area is 122 Å². The van der Waals surface area contributed by atoms with Gasteiger partial charge in [0.05, 0.1) is 14.7 Å². The molecule has 0 aliphatic carbocycles. The van der Waals surface area contributed by atoms with Gasteiger partial charge in [0.25, 0.3) is 0 Å². The average Bonchev–Trinajstić information content (AvgIpc) is 2.78. The van der Waals surface area contributed by atoms with E-state index in [0.29, 0.717) is 4.47 Å². The highest BCUT2D eigenvalue weighted by molar-refractivity contribution is 9.10. The molecule has 0 saturated heterocycles. The molecule has 0 atom stereocenters. The smallest absolute Gasteiger partial charge is 0.188 e. The van der Waals surface area contributed by atoms with E-state index in [-0.39, 0.29) is 5.82 Å². The van der Waals surface area contributed by atoms with Crippen molar-refractivity contribution in [1.29, 1.82) is 0 Å². The van der Waals surface area contributed by atoms with Crippen molar-refractivity contribution < 1.29 is 4.39 Å². The van der Waals surface area contributed by atoms with E-state index in [4.69, 9.17) is 0 Å². The molecule has 3 rings (SSSR count). The summed E-state index contributed by atoms with van der Waals surface area (Å²) in [5.74, 6) is -0.273. The first kappa shape index (κ1) is 12.6. The van der Waals surface area contributed by atoms with Gasteiger partial charge in [0.2, 0.25) is 0 Å². The molecule has 19 heavy (non-hydrogen) atoms. The Kier molecular flexibility index (Phi) is 3.24. The normalized spacial score (nSPS) is 10.9. The van der Waals surface area contributed by atoms with Crippen LogP contribution in [0.3, 0.4) is 0 Å². The van der Waals surface area contributed by atoms with Crippen LogP contribution < -0.4 is 5.32 Å². The highest BCUT2D eigenvalue weighted by atomic mass is 79.9. The fourth-order valence-electron chi connectivity index (χ4n) is 1.84. The van der Waals surface area contributed by atoms with Crippen molar-refractivity contribution in [1.82, 2.24) is 4.98 Å². The van der Waals surface area contributed by atoms with Gasteiger partial charge in [-0.05, 0) is 52.7 Å². The molecule has 2 nitrogen and oxygen atoms in total. The predicted octanol–water partition coefficient (Wildman–Crippen LogP) is 5.25. The van der Waals surface area contributed by atoms with Gasteiger partial charge < -0.3 is 5.32 Å². The number of hydrogen-bond acceptors (Lipinski definition) is 3. The Morgan fingerprint density at radius 1 is 1.26 bits per heavy atom. The molecule has 0 saturated carbocycles. The number of nitrogens with one attached hydrogen (secondary N) is 1. The monoisotopic (exact) mass is 336 g/mol. The van der Waals surface area contributed by atoms with Crippen LogP contribution >= 0.6 is 27.3 Å². The van der Waals surface area contributed by atoms with E-state index in [9.17, 15) is 4.39 Å². The molecule has 0 aliphatic rings. The van der Waals surface area contributed by atoms with Crippen molar-refractivity contribution in [2.45, 2.75) is 6.92 Å². The van der Waals surface area contributed by atoms with E-state index >= 15 is 0 Å². The van der Waals surface area contributed by atoms with Crippen LogP contribution in [0.1, 0.15) is 5.56 Å². The fraction of sp³-hybridized carbons (Fsp3) is 0.0714. The third kappa shape index (κ3) is 2.48. The molecule has 0 aliphatic heterocycles. The Hall–Kier alpha value is -1.46. The van der Waals surface area contributed by atoms with E-state index in [1.807, 2.05) is 25.1 Å². The van der Waals surface area contributed by atoms with Gasteiger partial charge in [0.15, 0.2) is 5.13 Å². The molecule has 1 aromatic heterocycles. The predicted molar refractivity (Wildman–Crippen MR) is 81.7 cm³/mol. The minimum absolute atomic E-state index is 0.273. The van der Waals surface area contributed by atoms with Gasteiger partial charge in [-0.3, -0.25) is 0 Å². The second-order valence-electron chi connectivity index (χ2n) is 4.19. The summed E-state index contributed by atoms with van der Waals surface area (Å²) in [4.78, 5) is 4.56. The molecule has 1 heterocycles. The number of aryl methyl sites for hydroxylation is 1. The first-order chi connectivity index (χ1) is 9.13. The molecule has 0 bridgehead atoms. The van der Waals surface area contributed by atoms with E-state index in [0.717, 1.165) is 26.6 Å². The molecule has 96 valence electrons. The van der Waals surface area contributed by atoms with E-state index in [1.54, 1.807) is 23.5 Å². The standard InChI is InChI=1S/C14H10BrFN2S/c1-8-3-2-4-12-13(8)18-14(19-12)17-9-5-6-11(16)10(15)7-9/h2-7H,1H3,(H,17,18). The van der Waals surface area contributed by atoms with Crippen LogP contribution in [-0.4, -0.2) is 4.98 Å². The summed E-state index contributed by atoms with van der Waals surface area (Å²) in [6.07, 6.45) is 0. The van der Waals surface area contributed by atoms with Crippen molar-refractivity contribution in [3.05, 3.63) is 52.3 Å². The van der Waals surface area contributed by atoms with Gasteiger partial charge in [-0.25, -0.2) is 9.37 Å². The molecule has 2 aromatic carbocycles. The molecular formula is C14H10BrFN2S. The summed E-state index contributed by atoms with van der Waals surface area (Å²) < 4.78 is 14.8. The summed E-state index contributed by atoms with van der Waals surface area (Å²) in [6.45, 7) is 2.04. The summed E-state index contributed by atoms with van der Waals surface area (Å²) >= 11 is 4.76. The number of para-hydroxylation sites is 1. The van der Waals surface area contributed by atoms with Gasteiger partial charge in [0, 0.05) is 5.69 Å². The maximum Gasteiger partial charge on any atom is 0.188 e. The van der Waals surface area contributed by atoms with Gasteiger partial charge in [-0.1, -0.05) is 23.5 Å². The maximum atomic E-state index is 13.2. The summed E-state index contributed by atoms with van der Waals surface area (Å²) in [5, 5.41) is 4.01. The molecule has 0 radical (unpaired) electrons. The van der Waals surface area contributed by atoms with Gasteiger partial charge in [-0.15, -0.1) is 0 Å². The minimum Gasteiger partial charge on any atom is -0.331 e. The van der Waals surface area contributed by atoms with Gasteiger partial charge in [-0.2, -0.15) is 0 Å². The number of thiazole rings is 1. The molecule has 1 N–H and O–H groups in total. The number of benzene rings is 2. The zero-order valence-corrected chi connectivity index (χ0v) is 12.5. The fourth-order valence-corrected chi connectivity index (χ4v) is 3.18. The van der Waals surface area contributed by atoms with Crippen LogP contribution in [0.4, 0.5) is 15.2 Å². The lowest BCUT2D eigenvalue weighted by atomic mass is 10.2. The quantitative estimate of drug-likeness (QED) is 0.691. The third-order valence-electron chi connectivity index (χ3n) is 2.79. The van der Waals surface area contributed by atoms with Gasteiger partial charge >= 0.3 is 0 Å². The van der Waals surface area contributed by atoms with E-state index < -0.39 is 0 Å². The van der Waals surface area contributed by atoms with E-state index in [1.165, 1.54) is 6.07 Å². The number of aromatic nitrogens is 1. The summed E-state index contributed by atoms with van der Waals surface area (Å²) in [6, 6.07) is 10.9. The van der Waals surface area contributed by atoms with Crippen molar-refractivity contribution in [2.75, 3.05) is 5.32 Å². The molecule has 0 fully saturated rings. The highest BCUT2D eigenvalue weighted by Gasteiger charge is 2.07. The van der Waals surface area contributed by atoms with Crippen LogP contribution in [0.5, 0.6) is 0 Å². The third-order valence-corrected chi connectivity index (χ3v) is 4.34. The van der Waals surface area contributed by atoms with Gasteiger partial charge in [0.1, 0.15) is 5.82 Å². The lowest BCUT2D eigenvalue weighted by Crippen LogP contribution is -1.90. The number of fused-ring (bicyclic) bond motifs is 1. The van der Waals surface area contributed by atoms with Crippen LogP contribution in [0.15, 0.2) is 40.9 Å². The number of hydrogen-bond donors (Lipinski definition) is 1. The van der Waals surface area contributed by atoms with Crippen LogP contribution in [-0.2, 0) is 0 Å². The number of rotatable bonds is 2. The lowest BCUT2D eigenvalue weighted by Gasteiger charge is -2.03. The second-order valence-corrected chi connectivity index (χ2v) is 6.08. The molecule has 0 amide bonds. The number of halogens is 2. The highest BCUT2D eigenvalue weighted by Crippen LogP contribution is 2.30. The largest absolute Gasteiger partial charge is 0.331 e. The zero-order chi connectivity index (χ0) is 13.4. The van der Waals surface area contributed by atoms with Crippen molar-refractivity contribution in [3.8, 4) is 0 Å². The molecule has 0 spiro atoms. The Balaban J connectivity index is 1.96. The first-order valence-corrected chi connectivity index (χ1v) is 7.32. The SMILES string of the molecule is Cc1cccc2sc(Nc3ccc(F)c(Br)c3)nc12. The van der Waals surface area contributed by atoms with Crippen LogP contribution in [0, 0.1) is 12.7 Å². The molecule has 3 aromatic rings. The zero-order valence-electron chi connectivity index (χ0n) is 10.1. The number of nitrogens with zero attached hydrogens (tertiary/aromatic N) is 1. The van der Waals surface area contributed by atoms with Crippen molar-refractivity contribution in [3.63, 3.8) is 0 Å². The molecule has 0 unspecified atom stereocenters. The van der Waals surface area contributed by atoms with Crippen LogP contribution in [0.25, 0.3) is 10.2 Å². The maximum absolute atomic E-state index is 13.2. The number of anilines is 2. The Morgan fingerprint density at radius 3 is 2.84 bits per heavy atom. The van der Waals surface area contributed by atoms with Crippen molar-refractivity contribution in [2.24, 2.45) is 0 Å². The molecule has 5 heteroatoms. The van der Waals surface area contributed by atoms with Crippen molar-refractivity contribution >= 4 is 48.3 Å². The average molecular weight is 337 g/mol. The minimum atomic E-state index is -0.273. The summed E-state index contributed by atoms with van der Waals surface area (Å²) in [7, 11) is 0. The summed E-state index contributed by atoms with van der Waals surface area (Å²) in [5.41, 5.74) is 2.98. The van der Waals surface area contributed by atoms with Crippen LogP contribution in [0.2, 0.25) is 0 Å². The lowest BCUT2D eigenvalue weighted by molar-refractivity contribution is 0.621. The molecular weight excluding hydrogens is 327 g/mol. The Bertz CT molecular complexity index is 754. The Morgan fingerprint density at radius 2 is 2.11 bits per heavy atom.